The van der Waals surface area contributed by atoms with E-state index in [9.17, 15) is 13.2 Å². The molecule has 0 fully saturated rings. The van der Waals surface area contributed by atoms with Crippen LogP contribution in [0, 0.1) is 0 Å². The quantitative estimate of drug-likeness (QED) is 0.793. The first-order valence-electron chi connectivity index (χ1n) is 5.51. The average molecular weight is 347 g/mol. The number of benzene rings is 2. The average Bonchev–Trinajstić information content (AvgIpc) is 2.31. The lowest BCUT2D eigenvalue weighted by atomic mass is 10.2. The summed E-state index contributed by atoms with van der Waals surface area (Å²) in [6.45, 7) is 0. The Labute approximate surface area is 121 Å². The van der Waals surface area contributed by atoms with E-state index >= 15 is 0 Å². The summed E-state index contributed by atoms with van der Waals surface area (Å²) in [5.41, 5.74) is 7.32. The second-order valence-electron chi connectivity index (χ2n) is 3.93. The molecule has 0 spiro atoms. The lowest BCUT2D eigenvalue weighted by molar-refractivity contribution is -0.274. The highest BCUT2D eigenvalue weighted by Crippen LogP contribution is 2.29. The molecule has 0 aliphatic carbocycles. The molecule has 0 saturated carbocycles. The summed E-state index contributed by atoms with van der Waals surface area (Å²) >= 11 is 3.27. The number of nitrogens with two attached hydrogens (primary N) is 1. The molecule has 2 aromatic carbocycles. The van der Waals surface area contributed by atoms with E-state index in [0.29, 0.717) is 17.1 Å². The van der Waals surface area contributed by atoms with Crippen LogP contribution >= 0.6 is 15.9 Å². The molecule has 0 aliphatic heterocycles. The first-order valence-corrected chi connectivity index (χ1v) is 6.31. The van der Waals surface area contributed by atoms with Crippen molar-refractivity contribution >= 4 is 33.0 Å². The Morgan fingerprint density at radius 1 is 1.10 bits per heavy atom. The number of alkyl halides is 3. The standard InChI is InChI=1S/C13H10BrF3N2O/c14-8-4-5-12(11(18)6-8)19-9-2-1-3-10(7-9)20-13(15,16)17/h1-7,19H,18H2. The zero-order valence-electron chi connectivity index (χ0n) is 10.0. The van der Waals surface area contributed by atoms with Crippen molar-refractivity contribution in [3.8, 4) is 5.75 Å². The Kier molecular flexibility index (Phi) is 4.08. The van der Waals surface area contributed by atoms with Crippen LogP contribution in [0.25, 0.3) is 0 Å². The molecule has 0 radical (unpaired) electrons. The third kappa shape index (κ3) is 4.06. The molecule has 7 heteroatoms. The molecule has 0 heterocycles. The van der Waals surface area contributed by atoms with Gasteiger partial charge in [0.05, 0.1) is 11.4 Å². The van der Waals surface area contributed by atoms with Crippen LogP contribution < -0.4 is 15.8 Å². The van der Waals surface area contributed by atoms with Crippen molar-refractivity contribution in [1.29, 1.82) is 0 Å². The van der Waals surface area contributed by atoms with Crippen LogP contribution in [0.3, 0.4) is 0 Å². The molecule has 2 aromatic rings. The van der Waals surface area contributed by atoms with Gasteiger partial charge in [0, 0.05) is 16.2 Å². The van der Waals surface area contributed by atoms with Crippen LogP contribution in [0.4, 0.5) is 30.2 Å². The van der Waals surface area contributed by atoms with E-state index in [4.69, 9.17) is 5.73 Å². The van der Waals surface area contributed by atoms with Crippen molar-refractivity contribution in [2.24, 2.45) is 0 Å². The number of ether oxygens (including phenoxy) is 1. The maximum atomic E-state index is 12.1. The number of nitrogen functional groups attached to an aromatic ring is 1. The maximum Gasteiger partial charge on any atom is 0.573 e. The second kappa shape index (κ2) is 5.62. The molecular weight excluding hydrogens is 337 g/mol. The molecule has 0 saturated heterocycles. The Bertz CT molecular complexity index is 617. The van der Waals surface area contributed by atoms with Gasteiger partial charge in [-0.3, -0.25) is 0 Å². The van der Waals surface area contributed by atoms with Crippen LogP contribution in [0.5, 0.6) is 5.75 Å². The summed E-state index contributed by atoms with van der Waals surface area (Å²) in [5, 5.41) is 2.93. The minimum atomic E-state index is -4.71. The van der Waals surface area contributed by atoms with Crippen molar-refractivity contribution in [2.75, 3.05) is 11.1 Å². The lowest BCUT2D eigenvalue weighted by Gasteiger charge is -2.12. The summed E-state index contributed by atoms with van der Waals surface area (Å²) in [6, 6.07) is 10.7. The second-order valence-corrected chi connectivity index (χ2v) is 4.85. The van der Waals surface area contributed by atoms with E-state index in [2.05, 4.69) is 26.0 Å². The van der Waals surface area contributed by atoms with Gasteiger partial charge in [0.1, 0.15) is 5.75 Å². The Morgan fingerprint density at radius 3 is 2.50 bits per heavy atom. The Balaban J connectivity index is 2.19. The minimum absolute atomic E-state index is 0.293. The van der Waals surface area contributed by atoms with Gasteiger partial charge >= 0.3 is 6.36 Å². The molecule has 0 atom stereocenters. The normalized spacial score (nSPS) is 11.2. The predicted octanol–water partition coefficient (Wildman–Crippen LogP) is 4.67. The van der Waals surface area contributed by atoms with Crippen LogP contribution in [0.1, 0.15) is 0 Å². The van der Waals surface area contributed by atoms with Crippen LogP contribution in [0.2, 0.25) is 0 Å². The number of hydrogen-bond acceptors (Lipinski definition) is 3. The summed E-state index contributed by atoms with van der Waals surface area (Å²) in [6.07, 6.45) is -4.71. The molecule has 0 aliphatic rings. The SMILES string of the molecule is Nc1cc(Br)ccc1Nc1cccc(OC(F)(F)F)c1. The predicted molar refractivity (Wildman–Crippen MR) is 75.0 cm³/mol. The molecule has 0 aromatic heterocycles. The highest BCUT2D eigenvalue weighted by molar-refractivity contribution is 9.10. The molecule has 0 unspecified atom stereocenters. The monoisotopic (exact) mass is 346 g/mol. The molecule has 0 amide bonds. The first kappa shape index (κ1) is 14.5. The summed E-state index contributed by atoms with van der Waals surface area (Å²) in [4.78, 5) is 0. The van der Waals surface area contributed by atoms with Gasteiger partial charge in [-0.1, -0.05) is 22.0 Å². The van der Waals surface area contributed by atoms with Gasteiger partial charge in [-0.2, -0.15) is 0 Å². The summed E-state index contributed by atoms with van der Waals surface area (Å²) in [7, 11) is 0. The van der Waals surface area contributed by atoms with Crippen molar-refractivity contribution in [1.82, 2.24) is 0 Å². The van der Waals surface area contributed by atoms with Crippen molar-refractivity contribution < 1.29 is 17.9 Å². The fourth-order valence-corrected chi connectivity index (χ4v) is 1.95. The van der Waals surface area contributed by atoms with Crippen LogP contribution in [0.15, 0.2) is 46.9 Å². The molecule has 20 heavy (non-hydrogen) atoms. The zero-order chi connectivity index (χ0) is 14.8. The van der Waals surface area contributed by atoms with E-state index < -0.39 is 6.36 Å². The molecule has 3 N–H and O–H groups in total. The highest BCUT2D eigenvalue weighted by Gasteiger charge is 2.31. The zero-order valence-corrected chi connectivity index (χ0v) is 11.6. The molecule has 2 rings (SSSR count). The third-order valence-corrected chi connectivity index (χ3v) is 2.85. The molecule has 0 bridgehead atoms. The van der Waals surface area contributed by atoms with Gasteiger partial charge in [-0.05, 0) is 30.3 Å². The summed E-state index contributed by atoms with van der Waals surface area (Å²) < 4.78 is 41.1. The fraction of sp³-hybridized carbons (Fsp3) is 0.0769. The molecular formula is C13H10BrF3N2O. The largest absolute Gasteiger partial charge is 0.573 e. The van der Waals surface area contributed by atoms with Crippen molar-refractivity contribution in [2.45, 2.75) is 6.36 Å². The summed E-state index contributed by atoms with van der Waals surface area (Å²) in [5.74, 6) is -0.293. The van der Waals surface area contributed by atoms with Gasteiger partial charge in [0.2, 0.25) is 0 Å². The smallest absolute Gasteiger partial charge is 0.406 e. The van der Waals surface area contributed by atoms with Crippen molar-refractivity contribution in [3.63, 3.8) is 0 Å². The number of halogens is 4. The lowest BCUT2D eigenvalue weighted by Crippen LogP contribution is -2.17. The number of anilines is 3. The fourth-order valence-electron chi connectivity index (χ4n) is 1.57. The maximum absolute atomic E-state index is 12.1. The first-order chi connectivity index (χ1) is 9.33. The molecule has 3 nitrogen and oxygen atoms in total. The van der Waals surface area contributed by atoms with E-state index in [1.54, 1.807) is 24.3 Å². The number of hydrogen-bond donors (Lipinski definition) is 2. The van der Waals surface area contributed by atoms with Crippen LogP contribution in [-0.4, -0.2) is 6.36 Å². The van der Waals surface area contributed by atoms with Crippen LogP contribution in [-0.2, 0) is 0 Å². The highest BCUT2D eigenvalue weighted by atomic mass is 79.9. The van der Waals surface area contributed by atoms with E-state index in [1.165, 1.54) is 18.2 Å². The minimum Gasteiger partial charge on any atom is -0.406 e. The Hall–Kier alpha value is -1.89. The van der Waals surface area contributed by atoms with E-state index in [0.717, 1.165) is 4.47 Å². The van der Waals surface area contributed by atoms with Gasteiger partial charge in [-0.25, -0.2) is 0 Å². The topological polar surface area (TPSA) is 47.3 Å². The van der Waals surface area contributed by atoms with Gasteiger partial charge in [0.15, 0.2) is 0 Å². The van der Waals surface area contributed by atoms with Gasteiger partial charge in [-0.15, -0.1) is 13.2 Å². The third-order valence-electron chi connectivity index (χ3n) is 2.36. The van der Waals surface area contributed by atoms with E-state index in [-0.39, 0.29) is 5.75 Å². The number of nitrogens with one attached hydrogen (secondary N) is 1. The van der Waals surface area contributed by atoms with Gasteiger partial charge < -0.3 is 15.8 Å². The Morgan fingerprint density at radius 2 is 1.85 bits per heavy atom. The molecule has 106 valence electrons. The van der Waals surface area contributed by atoms with Gasteiger partial charge in [0.25, 0.3) is 0 Å². The van der Waals surface area contributed by atoms with E-state index in [1.807, 2.05) is 0 Å². The number of rotatable bonds is 3. The van der Waals surface area contributed by atoms with Crippen molar-refractivity contribution in [3.05, 3.63) is 46.9 Å².